The Balaban J connectivity index is 1.22. The van der Waals surface area contributed by atoms with Crippen LogP contribution in [-0.4, -0.2) is 67.5 Å². The van der Waals surface area contributed by atoms with Crippen LogP contribution in [-0.2, 0) is 17.9 Å². The summed E-state index contributed by atoms with van der Waals surface area (Å²) in [4.78, 5) is 18.3. The van der Waals surface area contributed by atoms with Gasteiger partial charge in [-0.05, 0) is 53.9 Å². The van der Waals surface area contributed by atoms with Crippen LogP contribution < -0.4 is 18.9 Å². The molecule has 1 aromatic heterocycles. The van der Waals surface area contributed by atoms with Gasteiger partial charge >= 0.3 is 0 Å². The van der Waals surface area contributed by atoms with Crippen molar-refractivity contribution in [3.05, 3.63) is 83.6 Å². The molecule has 0 aliphatic carbocycles. The molecule has 1 fully saturated rings. The number of piperazine rings is 1. The van der Waals surface area contributed by atoms with Crippen molar-refractivity contribution >= 4 is 16.8 Å². The van der Waals surface area contributed by atoms with Gasteiger partial charge in [-0.2, -0.15) is 0 Å². The molecular weight excluding hydrogens is 518 g/mol. The van der Waals surface area contributed by atoms with Crippen molar-refractivity contribution < 1.29 is 23.7 Å². The third-order valence-electron chi connectivity index (χ3n) is 8.26. The number of para-hydroxylation sites is 1. The van der Waals surface area contributed by atoms with E-state index in [9.17, 15) is 4.79 Å². The lowest BCUT2D eigenvalue weighted by atomic mass is 9.87. The quantitative estimate of drug-likeness (QED) is 0.280. The van der Waals surface area contributed by atoms with Gasteiger partial charge in [0.1, 0.15) is 11.5 Å². The van der Waals surface area contributed by atoms with Gasteiger partial charge in [0.15, 0.2) is 11.5 Å². The second-order valence-electron chi connectivity index (χ2n) is 10.6. The molecule has 1 amide bonds. The SMILES string of the molecule is CCn1cc([C@@H](CC(=O)N2CCN(Cc3ccc4c(c3)OCO4)CC2)c2cc(OC)cc(OC)c2)c2ccccc21. The van der Waals surface area contributed by atoms with Gasteiger partial charge in [0.05, 0.1) is 14.2 Å². The molecule has 1 atom stereocenters. The number of methoxy groups -OCH3 is 2. The molecule has 2 aliphatic heterocycles. The van der Waals surface area contributed by atoms with Crippen molar-refractivity contribution in [1.82, 2.24) is 14.4 Å². The molecule has 8 heteroatoms. The molecule has 41 heavy (non-hydrogen) atoms. The van der Waals surface area contributed by atoms with Crippen molar-refractivity contribution in [2.24, 2.45) is 0 Å². The van der Waals surface area contributed by atoms with Crippen molar-refractivity contribution in [2.75, 3.05) is 47.2 Å². The number of hydrogen-bond acceptors (Lipinski definition) is 6. The van der Waals surface area contributed by atoms with Gasteiger partial charge in [0.2, 0.25) is 12.7 Å². The Morgan fingerprint density at radius 3 is 2.37 bits per heavy atom. The van der Waals surface area contributed by atoms with Gasteiger partial charge in [-0.25, -0.2) is 0 Å². The van der Waals surface area contributed by atoms with Crippen LogP contribution in [0.3, 0.4) is 0 Å². The Labute approximate surface area is 241 Å². The summed E-state index contributed by atoms with van der Waals surface area (Å²) in [6.45, 7) is 7.16. The molecule has 6 rings (SSSR count). The van der Waals surface area contributed by atoms with Gasteiger partial charge < -0.3 is 28.4 Å². The zero-order valence-corrected chi connectivity index (χ0v) is 24.0. The minimum Gasteiger partial charge on any atom is -0.497 e. The van der Waals surface area contributed by atoms with Crippen LogP contribution in [0.4, 0.5) is 0 Å². The molecule has 8 nitrogen and oxygen atoms in total. The second-order valence-corrected chi connectivity index (χ2v) is 10.6. The van der Waals surface area contributed by atoms with Gasteiger partial charge in [-0.15, -0.1) is 0 Å². The van der Waals surface area contributed by atoms with E-state index in [0.717, 1.165) is 48.8 Å². The number of ether oxygens (including phenoxy) is 4. The highest BCUT2D eigenvalue weighted by Crippen LogP contribution is 2.38. The van der Waals surface area contributed by atoms with E-state index in [1.165, 1.54) is 16.5 Å². The summed E-state index contributed by atoms with van der Waals surface area (Å²) in [5, 5.41) is 1.17. The molecule has 4 aromatic rings. The predicted octanol–water partition coefficient (Wildman–Crippen LogP) is 5.27. The average molecular weight is 556 g/mol. The summed E-state index contributed by atoms with van der Waals surface area (Å²) in [6.07, 6.45) is 2.58. The maximum Gasteiger partial charge on any atom is 0.231 e. The molecule has 0 spiro atoms. The van der Waals surface area contributed by atoms with Gasteiger partial charge in [-0.1, -0.05) is 24.3 Å². The molecule has 0 radical (unpaired) electrons. The predicted molar refractivity (Wildman–Crippen MR) is 158 cm³/mol. The van der Waals surface area contributed by atoms with E-state index in [1.54, 1.807) is 14.2 Å². The first-order valence-corrected chi connectivity index (χ1v) is 14.3. The molecule has 0 N–H and O–H groups in total. The van der Waals surface area contributed by atoms with Gasteiger partial charge in [0.25, 0.3) is 0 Å². The number of aromatic nitrogens is 1. The molecule has 2 aliphatic rings. The van der Waals surface area contributed by atoms with Crippen LogP contribution in [0.25, 0.3) is 10.9 Å². The number of rotatable bonds is 9. The zero-order valence-electron chi connectivity index (χ0n) is 24.0. The Kier molecular flexibility index (Phi) is 7.74. The van der Waals surface area contributed by atoms with Crippen molar-refractivity contribution in [3.63, 3.8) is 0 Å². The second kappa shape index (κ2) is 11.7. The number of amides is 1. The van der Waals surface area contributed by atoms with Crippen LogP contribution in [0, 0.1) is 0 Å². The summed E-state index contributed by atoms with van der Waals surface area (Å²) < 4.78 is 24.4. The van der Waals surface area contributed by atoms with E-state index >= 15 is 0 Å². The van der Waals surface area contributed by atoms with Crippen molar-refractivity contribution in [1.29, 1.82) is 0 Å². The van der Waals surface area contributed by atoms with E-state index in [0.29, 0.717) is 31.0 Å². The van der Waals surface area contributed by atoms with Crippen LogP contribution >= 0.6 is 0 Å². The van der Waals surface area contributed by atoms with E-state index in [-0.39, 0.29) is 18.6 Å². The average Bonchev–Trinajstić information content (AvgIpc) is 3.64. The molecular formula is C33H37N3O5. The number of aryl methyl sites for hydroxylation is 1. The Hall–Kier alpha value is -4.17. The first-order valence-electron chi connectivity index (χ1n) is 14.3. The summed E-state index contributed by atoms with van der Waals surface area (Å²) in [6, 6.07) is 20.5. The molecule has 0 unspecified atom stereocenters. The Bertz CT molecular complexity index is 1520. The third-order valence-corrected chi connectivity index (χ3v) is 8.26. The summed E-state index contributed by atoms with van der Waals surface area (Å²) in [5.41, 5.74) is 4.52. The number of nitrogens with zero attached hydrogens (tertiary/aromatic N) is 3. The number of fused-ring (bicyclic) bond motifs is 2. The highest BCUT2D eigenvalue weighted by molar-refractivity contribution is 5.87. The minimum absolute atomic E-state index is 0.143. The van der Waals surface area contributed by atoms with E-state index in [4.69, 9.17) is 18.9 Å². The Morgan fingerprint density at radius 1 is 0.902 bits per heavy atom. The fraction of sp³-hybridized carbons (Fsp3) is 0.364. The van der Waals surface area contributed by atoms with E-state index in [1.807, 2.05) is 29.2 Å². The lowest BCUT2D eigenvalue weighted by Crippen LogP contribution is -2.48. The van der Waals surface area contributed by atoms with Crippen LogP contribution in [0.2, 0.25) is 0 Å². The zero-order chi connectivity index (χ0) is 28.3. The lowest BCUT2D eigenvalue weighted by Gasteiger charge is -2.35. The fourth-order valence-electron chi connectivity index (χ4n) is 6.01. The van der Waals surface area contributed by atoms with Crippen molar-refractivity contribution in [3.8, 4) is 23.0 Å². The summed E-state index contributed by atoms with van der Waals surface area (Å²) in [7, 11) is 3.31. The van der Waals surface area contributed by atoms with E-state index < -0.39 is 0 Å². The fourth-order valence-corrected chi connectivity index (χ4v) is 6.01. The smallest absolute Gasteiger partial charge is 0.231 e. The number of benzene rings is 3. The molecule has 0 saturated carbocycles. The normalized spacial score (nSPS) is 15.7. The first-order chi connectivity index (χ1) is 20.1. The van der Waals surface area contributed by atoms with Crippen LogP contribution in [0.5, 0.6) is 23.0 Å². The van der Waals surface area contributed by atoms with Crippen molar-refractivity contribution in [2.45, 2.75) is 32.4 Å². The Morgan fingerprint density at radius 2 is 1.63 bits per heavy atom. The summed E-state index contributed by atoms with van der Waals surface area (Å²) >= 11 is 0. The molecule has 3 heterocycles. The lowest BCUT2D eigenvalue weighted by molar-refractivity contribution is -0.133. The molecule has 214 valence electrons. The largest absolute Gasteiger partial charge is 0.497 e. The highest BCUT2D eigenvalue weighted by atomic mass is 16.7. The third kappa shape index (κ3) is 5.57. The van der Waals surface area contributed by atoms with Gasteiger partial charge in [0, 0.05) is 74.8 Å². The maximum atomic E-state index is 13.9. The first kappa shape index (κ1) is 27.0. The maximum absolute atomic E-state index is 13.9. The topological polar surface area (TPSA) is 65.4 Å². The van der Waals surface area contributed by atoms with Crippen LogP contribution in [0.15, 0.2) is 66.9 Å². The molecule has 0 bridgehead atoms. The number of hydrogen-bond donors (Lipinski definition) is 0. The number of carbonyl (C=O) groups excluding carboxylic acids is 1. The minimum atomic E-state index is -0.143. The number of carbonyl (C=O) groups is 1. The standard InChI is InChI=1S/C33H37N3O5/c1-4-35-21-29(27-7-5-6-8-30(27)35)28(24-16-25(38-2)18-26(17-24)39-3)19-33(37)36-13-11-34(12-14-36)20-23-9-10-31-32(15-23)41-22-40-31/h5-10,15-18,21,28H,4,11-14,19-20,22H2,1-3H3/t28-/m0/s1. The van der Waals surface area contributed by atoms with E-state index in [2.05, 4.69) is 59.0 Å². The monoisotopic (exact) mass is 555 g/mol. The highest BCUT2D eigenvalue weighted by Gasteiger charge is 2.28. The van der Waals surface area contributed by atoms with Crippen LogP contribution in [0.1, 0.15) is 36.0 Å². The van der Waals surface area contributed by atoms with Gasteiger partial charge in [-0.3, -0.25) is 9.69 Å². The summed E-state index contributed by atoms with van der Waals surface area (Å²) in [5.74, 6) is 3.06. The molecule has 3 aromatic carbocycles. The molecule has 1 saturated heterocycles.